The molecule has 0 aromatic heterocycles. The SMILES string of the molecule is COc1ccc(Nc2cccc(Cl)c2C(N)=S)c(C)c1. The maximum absolute atomic E-state index is 6.15. The lowest BCUT2D eigenvalue weighted by Gasteiger charge is -2.15. The Morgan fingerprint density at radius 2 is 2.00 bits per heavy atom. The molecule has 5 heteroatoms. The molecule has 2 aromatic carbocycles. The average Bonchev–Trinajstić information content (AvgIpc) is 2.40. The zero-order valence-electron chi connectivity index (χ0n) is 11.2. The molecule has 0 aliphatic rings. The van der Waals surface area contributed by atoms with Crippen molar-refractivity contribution in [2.45, 2.75) is 6.92 Å². The number of aryl methyl sites for hydroxylation is 1. The highest BCUT2D eigenvalue weighted by Gasteiger charge is 2.11. The van der Waals surface area contributed by atoms with Gasteiger partial charge in [0.15, 0.2) is 0 Å². The number of rotatable bonds is 4. The zero-order valence-corrected chi connectivity index (χ0v) is 12.8. The Balaban J connectivity index is 2.40. The number of benzene rings is 2. The van der Waals surface area contributed by atoms with Crippen LogP contribution >= 0.6 is 23.8 Å². The Morgan fingerprint density at radius 1 is 1.25 bits per heavy atom. The molecular weight excluding hydrogens is 292 g/mol. The van der Waals surface area contributed by atoms with E-state index in [9.17, 15) is 0 Å². The third-order valence-electron chi connectivity index (χ3n) is 2.96. The van der Waals surface area contributed by atoms with E-state index in [0.717, 1.165) is 22.7 Å². The van der Waals surface area contributed by atoms with E-state index in [-0.39, 0.29) is 4.99 Å². The maximum Gasteiger partial charge on any atom is 0.119 e. The number of hydrogen-bond acceptors (Lipinski definition) is 3. The Bertz CT molecular complexity index is 658. The molecule has 0 bridgehead atoms. The van der Waals surface area contributed by atoms with Crippen LogP contribution in [0, 0.1) is 6.92 Å². The fraction of sp³-hybridized carbons (Fsp3) is 0.133. The summed E-state index contributed by atoms with van der Waals surface area (Å²) in [6, 6.07) is 11.3. The number of thiocarbonyl (C=S) groups is 1. The van der Waals surface area contributed by atoms with Crippen molar-refractivity contribution in [3.63, 3.8) is 0 Å². The highest BCUT2D eigenvalue weighted by molar-refractivity contribution is 7.80. The molecule has 0 fully saturated rings. The van der Waals surface area contributed by atoms with E-state index in [0.29, 0.717) is 10.6 Å². The molecule has 0 aliphatic heterocycles. The molecule has 3 N–H and O–H groups in total. The second-order valence-corrected chi connectivity index (χ2v) is 5.18. The van der Waals surface area contributed by atoms with Crippen LogP contribution in [-0.4, -0.2) is 12.1 Å². The minimum Gasteiger partial charge on any atom is -0.497 e. The second kappa shape index (κ2) is 6.11. The highest BCUT2D eigenvalue weighted by atomic mass is 35.5. The van der Waals surface area contributed by atoms with Gasteiger partial charge in [-0.1, -0.05) is 29.9 Å². The van der Waals surface area contributed by atoms with Crippen molar-refractivity contribution in [2.24, 2.45) is 5.73 Å². The smallest absolute Gasteiger partial charge is 0.119 e. The Labute approximate surface area is 128 Å². The summed E-state index contributed by atoms with van der Waals surface area (Å²) in [5.41, 5.74) is 9.19. The molecule has 104 valence electrons. The lowest BCUT2D eigenvalue weighted by atomic mass is 10.1. The van der Waals surface area contributed by atoms with Gasteiger partial charge < -0.3 is 15.8 Å². The molecule has 0 atom stereocenters. The number of anilines is 2. The van der Waals surface area contributed by atoms with E-state index in [1.54, 1.807) is 13.2 Å². The molecule has 0 aliphatic carbocycles. The van der Waals surface area contributed by atoms with Crippen molar-refractivity contribution in [1.82, 2.24) is 0 Å². The van der Waals surface area contributed by atoms with E-state index in [1.807, 2.05) is 37.3 Å². The molecule has 3 nitrogen and oxygen atoms in total. The number of ether oxygens (including phenoxy) is 1. The number of methoxy groups -OCH3 is 1. The first-order chi connectivity index (χ1) is 9.52. The van der Waals surface area contributed by atoms with Gasteiger partial charge in [-0.15, -0.1) is 0 Å². The van der Waals surface area contributed by atoms with Gasteiger partial charge in [-0.05, 0) is 42.8 Å². The summed E-state index contributed by atoms with van der Waals surface area (Å²) < 4.78 is 5.19. The van der Waals surface area contributed by atoms with Crippen LogP contribution in [0.2, 0.25) is 5.02 Å². The van der Waals surface area contributed by atoms with Crippen LogP contribution in [0.15, 0.2) is 36.4 Å². The van der Waals surface area contributed by atoms with E-state index in [2.05, 4.69) is 5.32 Å². The molecule has 2 rings (SSSR count). The fourth-order valence-corrected chi connectivity index (χ4v) is 2.48. The lowest BCUT2D eigenvalue weighted by molar-refractivity contribution is 0.414. The summed E-state index contributed by atoms with van der Waals surface area (Å²) in [6.45, 7) is 2.00. The lowest BCUT2D eigenvalue weighted by Crippen LogP contribution is -2.12. The molecule has 0 radical (unpaired) electrons. The quantitative estimate of drug-likeness (QED) is 0.837. The molecule has 0 spiro atoms. The standard InChI is InChI=1S/C15H15ClN2OS/c1-9-8-10(19-2)6-7-12(9)18-13-5-3-4-11(16)14(13)15(17)20/h3-8,18H,1-2H3,(H2,17,20). The van der Waals surface area contributed by atoms with Crippen molar-refractivity contribution in [3.05, 3.63) is 52.5 Å². The van der Waals surface area contributed by atoms with Gasteiger partial charge in [-0.2, -0.15) is 0 Å². The Morgan fingerprint density at radius 3 is 2.60 bits per heavy atom. The predicted molar refractivity (Wildman–Crippen MR) is 88.4 cm³/mol. The first-order valence-corrected chi connectivity index (χ1v) is 6.81. The van der Waals surface area contributed by atoms with E-state index in [1.165, 1.54) is 0 Å². The van der Waals surface area contributed by atoms with Crippen LogP contribution in [0.25, 0.3) is 0 Å². The molecule has 0 unspecified atom stereocenters. The van der Waals surface area contributed by atoms with Gasteiger partial charge in [0.2, 0.25) is 0 Å². The van der Waals surface area contributed by atoms with Crippen LogP contribution in [0.5, 0.6) is 5.75 Å². The predicted octanol–water partition coefficient (Wildman–Crippen LogP) is 4.03. The van der Waals surface area contributed by atoms with Crippen molar-refractivity contribution in [3.8, 4) is 5.75 Å². The van der Waals surface area contributed by atoms with Crippen molar-refractivity contribution in [2.75, 3.05) is 12.4 Å². The minimum absolute atomic E-state index is 0.268. The summed E-state index contributed by atoms with van der Waals surface area (Å²) >= 11 is 11.2. The third kappa shape index (κ3) is 3.03. The van der Waals surface area contributed by atoms with Crippen LogP contribution < -0.4 is 15.8 Å². The van der Waals surface area contributed by atoms with Gasteiger partial charge >= 0.3 is 0 Å². The normalized spacial score (nSPS) is 10.2. The van der Waals surface area contributed by atoms with Gasteiger partial charge in [0.1, 0.15) is 10.7 Å². The van der Waals surface area contributed by atoms with Crippen molar-refractivity contribution < 1.29 is 4.74 Å². The van der Waals surface area contributed by atoms with E-state index >= 15 is 0 Å². The van der Waals surface area contributed by atoms with Gasteiger partial charge in [-0.3, -0.25) is 0 Å². The van der Waals surface area contributed by atoms with Crippen LogP contribution in [0.4, 0.5) is 11.4 Å². The number of nitrogens with two attached hydrogens (primary N) is 1. The Hall–Kier alpha value is -1.78. The first kappa shape index (κ1) is 14.6. The largest absolute Gasteiger partial charge is 0.497 e. The van der Waals surface area contributed by atoms with Crippen molar-refractivity contribution >= 4 is 40.2 Å². The topological polar surface area (TPSA) is 47.3 Å². The number of nitrogens with one attached hydrogen (secondary N) is 1. The molecule has 0 heterocycles. The number of hydrogen-bond donors (Lipinski definition) is 2. The van der Waals surface area contributed by atoms with Gasteiger partial charge in [0, 0.05) is 5.69 Å². The summed E-state index contributed by atoms with van der Waals surface area (Å²) in [7, 11) is 1.64. The van der Waals surface area contributed by atoms with Gasteiger partial charge in [0.05, 0.1) is 23.4 Å². The summed E-state index contributed by atoms with van der Waals surface area (Å²) in [5, 5.41) is 3.84. The van der Waals surface area contributed by atoms with Crippen molar-refractivity contribution in [1.29, 1.82) is 0 Å². The van der Waals surface area contributed by atoms with E-state index in [4.69, 9.17) is 34.3 Å². The van der Waals surface area contributed by atoms with Crippen LogP contribution in [0.3, 0.4) is 0 Å². The van der Waals surface area contributed by atoms with Crippen LogP contribution in [0.1, 0.15) is 11.1 Å². The molecule has 0 amide bonds. The molecule has 20 heavy (non-hydrogen) atoms. The van der Waals surface area contributed by atoms with Crippen LogP contribution in [-0.2, 0) is 0 Å². The maximum atomic E-state index is 6.15. The number of halogens is 1. The minimum atomic E-state index is 0.268. The monoisotopic (exact) mass is 306 g/mol. The third-order valence-corrected chi connectivity index (χ3v) is 3.48. The molecule has 0 saturated carbocycles. The molecular formula is C15H15ClN2OS. The Kier molecular flexibility index (Phi) is 4.47. The summed E-state index contributed by atoms with van der Waals surface area (Å²) in [5.74, 6) is 0.814. The summed E-state index contributed by atoms with van der Waals surface area (Å²) in [6.07, 6.45) is 0. The average molecular weight is 307 g/mol. The fourth-order valence-electron chi connectivity index (χ4n) is 1.93. The van der Waals surface area contributed by atoms with Gasteiger partial charge in [-0.25, -0.2) is 0 Å². The zero-order chi connectivity index (χ0) is 14.7. The molecule has 2 aromatic rings. The highest BCUT2D eigenvalue weighted by Crippen LogP contribution is 2.29. The first-order valence-electron chi connectivity index (χ1n) is 6.03. The summed E-state index contributed by atoms with van der Waals surface area (Å²) in [4.78, 5) is 0.268. The van der Waals surface area contributed by atoms with Gasteiger partial charge in [0.25, 0.3) is 0 Å². The molecule has 0 saturated heterocycles. The second-order valence-electron chi connectivity index (χ2n) is 4.33. The van der Waals surface area contributed by atoms with E-state index < -0.39 is 0 Å².